The molecule has 1 heterocycles. The Labute approximate surface area is 145 Å². The van der Waals surface area contributed by atoms with E-state index in [9.17, 15) is 22.8 Å². The predicted octanol–water partition coefficient (Wildman–Crippen LogP) is 4.17. The molecule has 0 bridgehead atoms. The van der Waals surface area contributed by atoms with Gasteiger partial charge in [-0.15, -0.1) is 11.3 Å². The molecule has 0 N–H and O–H groups in total. The fraction of sp³-hybridized carbons (Fsp3) is 0.312. The second kappa shape index (κ2) is 7.64. The molecule has 0 aliphatic rings. The van der Waals surface area contributed by atoms with Gasteiger partial charge >= 0.3 is 12.1 Å². The van der Waals surface area contributed by atoms with Crippen molar-refractivity contribution >= 4 is 28.9 Å². The maximum absolute atomic E-state index is 13.1. The number of halogens is 3. The molecule has 134 valence electrons. The molecule has 9 heteroatoms. The number of ether oxygens (including phenoxy) is 1. The summed E-state index contributed by atoms with van der Waals surface area (Å²) in [5, 5.41) is 1.37. The number of rotatable bonds is 4. The number of benzene rings is 1. The van der Waals surface area contributed by atoms with Crippen molar-refractivity contribution in [3.05, 3.63) is 40.0 Å². The van der Waals surface area contributed by atoms with E-state index in [2.05, 4.69) is 4.99 Å². The van der Waals surface area contributed by atoms with E-state index < -0.39 is 23.6 Å². The number of esters is 1. The molecule has 0 saturated heterocycles. The molecule has 0 aliphatic heterocycles. The maximum Gasteiger partial charge on any atom is 0.418 e. The van der Waals surface area contributed by atoms with E-state index in [0.717, 1.165) is 22.0 Å². The predicted molar refractivity (Wildman–Crippen MR) is 85.8 cm³/mol. The molecule has 0 fully saturated rings. The van der Waals surface area contributed by atoms with Crippen molar-refractivity contribution in [2.75, 3.05) is 0 Å². The van der Waals surface area contributed by atoms with Crippen LogP contribution in [-0.4, -0.2) is 16.4 Å². The lowest BCUT2D eigenvalue weighted by atomic mass is 10.2. The number of thiazole rings is 1. The zero-order chi connectivity index (χ0) is 18.6. The molecule has 25 heavy (non-hydrogen) atoms. The molecule has 1 aromatic carbocycles. The van der Waals surface area contributed by atoms with E-state index >= 15 is 0 Å². The quantitative estimate of drug-likeness (QED) is 0.757. The van der Waals surface area contributed by atoms with Gasteiger partial charge in [-0.2, -0.15) is 13.2 Å². The Morgan fingerprint density at radius 2 is 1.88 bits per heavy atom. The van der Waals surface area contributed by atoms with Gasteiger partial charge in [0.05, 0.1) is 16.6 Å². The number of para-hydroxylation sites is 1. The summed E-state index contributed by atoms with van der Waals surface area (Å²) in [6.07, 6.45) is -4.41. The van der Waals surface area contributed by atoms with Crippen LogP contribution in [0.2, 0.25) is 0 Å². The SMILES string of the molecule is CCC(=O)Oc1csc(=Nc2ccccc2C(F)(F)F)n1C(=O)CC. The summed E-state index contributed by atoms with van der Waals surface area (Å²) in [4.78, 5) is 27.6. The minimum Gasteiger partial charge on any atom is -0.408 e. The van der Waals surface area contributed by atoms with Gasteiger partial charge in [-0.25, -0.2) is 9.56 Å². The van der Waals surface area contributed by atoms with Crippen molar-refractivity contribution in [1.29, 1.82) is 0 Å². The minimum absolute atomic E-state index is 0.00227. The van der Waals surface area contributed by atoms with E-state index in [4.69, 9.17) is 4.74 Å². The fourth-order valence-corrected chi connectivity index (χ4v) is 2.75. The lowest BCUT2D eigenvalue weighted by Crippen LogP contribution is -2.24. The van der Waals surface area contributed by atoms with Gasteiger partial charge in [-0.1, -0.05) is 26.0 Å². The first-order valence-electron chi connectivity index (χ1n) is 7.43. The second-order valence-corrected chi connectivity index (χ2v) is 5.73. The third-order valence-corrected chi connectivity index (χ3v) is 3.97. The largest absolute Gasteiger partial charge is 0.418 e. The Kier molecular flexibility index (Phi) is 5.78. The molecule has 1 aromatic heterocycles. The highest BCUT2D eigenvalue weighted by molar-refractivity contribution is 7.07. The molecule has 0 unspecified atom stereocenters. The Morgan fingerprint density at radius 3 is 2.48 bits per heavy atom. The van der Waals surface area contributed by atoms with Crippen molar-refractivity contribution in [2.24, 2.45) is 4.99 Å². The van der Waals surface area contributed by atoms with Crippen molar-refractivity contribution in [3.8, 4) is 5.88 Å². The van der Waals surface area contributed by atoms with Crippen LogP contribution >= 0.6 is 11.3 Å². The van der Waals surface area contributed by atoms with Crippen molar-refractivity contribution in [3.63, 3.8) is 0 Å². The summed E-state index contributed by atoms with van der Waals surface area (Å²) in [6, 6.07) is 4.80. The maximum atomic E-state index is 13.1. The molecule has 0 spiro atoms. The van der Waals surface area contributed by atoms with Gasteiger partial charge in [0.25, 0.3) is 0 Å². The third-order valence-electron chi connectivity index (χ3n) is 3.16. The van der Waals surface area contributed by atoms with Gasteiger partial charge in [0.1, 0.15) is 0 Å². The molecule has 2 aromatic rings. The van der Waals surface area contributed by atoms with Crippen LogP contribution < -0.4 is 9.54 Å². The summed E-state index contributed by atoms with van der Waals surface area (Å²) in [6.45, 7) is 3.18. The van der Waals surface area contributed by atoms with Crippen molar-refractivity contribution in [1.82, 2.24) is 4.57 Å². The highest BCUT2D eigenvalue weighted by atomic mass is 32.1. The molecule has 0 amide bonds. The van der Waals surface area contributed by atoms with E-state index in [1.807, 2.05) is 0 Å². The normalized spacial score (nSPS) is 12.3. The molecule has 5 nitrogen and oxygen atoms in total. The second-order valence-electron chi connectivity index (χ2n) is 4.89. The number of carbonyl (C=O) groups excluding carboxylic acids is 2. The highest BCUT2D eigenvalue weighted by Gasteiger charge is 2.33. The van der Waals surface area contributed by atoms with Crippen molar-refractivity contribution in [2.45, 2.75) is 32.9 Å². The van der Waals surface area contributed by atoms with Gasteiger partial charge < -0.3 is 4.74 Å². The number of hydrogen-bond acceptors (Lipinski definition) is 5. The molecule has 0 saturated carbocycles. The van der Waals surface area contributed by atoms with Crippen LogP contribution in [0.5, 0.6) is 5.88 Å². The monoisotopic (exact) mass is 372 g/mol. The number of hydrogen-bond donors (Lipinski definition) is 0. The Bertz CT molecular complexity index is 853. The first kappa shape index (κ1) is 18.9. The lowest BCUT2D eigenvalue weighted by Gasteiger charge is -2.09. The molecule has 0 aliphatic carbocycles. The Hall–Kier alpha value is -2.42. The topological polar surface area (TPSA) is 60.7 Å². The first-order valence-corrected chi connectivity index (χ1v) is 8.31. The van der Waals surface area contributed by atoms with Gasteiger partial charge in [0.2, 0.25) is 11.8 Å². The number of carbonyl (C=O) groups is 2. The molecule has 2 rings (SSSR count). The van der Waals surface area contributed by atoms with Crippen LogP contribution in [-0.2, 0) is 11.0 Å². The summed E-state index contributed by atoms with van der Waals surface area (Å²) < 4.78 is 45.4. The zero-order valence-electron chi connectivity index (χ0n) is 13.5. The number of alkyl halides is 3. The Balaban J connectivity index is 2.62. The fourth-order valence-electron chi connectivity index (χ4n) is 1.94. The van der Waals surface area contributed by atoms with E-state index in [0.29, 0.717) is 0 Å². The number of aromatic nitrogens is 1. The van der Waals surface area contributed by atoms with Crippen molar-refractivity contribution < 1.29 is 27.5 Å². The minimum atomic E-state index is -4.57. The van der Waals surface area contributed by atoms with Gasteiger partial charge in [-0.3, -0.25) is 9.59 Å². The van der Waals surface area contributed by atoms with Crippen LogP contribution in [0.15, 0.2) is 34.6 Å². The van der Waals surface area contributed by atoms with Crippen LogP contribution in [0.1, 0.15) is 37.0 Å². The average Bonchev–Trinajstić information content (AvgIpc) is 2.95. The zero-order valence-corrected chi connectivity index (χ0v) is 14.3. The summed E-state index contributed by atoms with van der Waals surface area (Å²) in [7, 11) is 0. The molecule has 0 radical (unpaired) electrons. The smallest absolute Gasteiger partial charge is 0.408 e. The number of nitrogens with zero attached hydrogens (tertiary/aromatic N) is 2. The summed E-state index contributed by atoms with van der Waals surface area (Å²) in [5.74, 6) is -1.05. The lowest BCUT2D eigenvalue weighted by molar-refractivity contribution is -0.137. The first-order chi connectivity index (χ1) is 11.8. The van der Waals surface area contributed by atoms with E-state index in [1.165, 1.54) is 23.6 Å². The summed E-state index contributed by atoms with van der Waals surface area (Å²) >= 11 is 0.917. The van der Waals surface area contributed by atoms with Crippen LogP contribution in [0.25, 0.3) is 0 Å². The van der Waals surface area contributed by atoms with E-state index in [1.54, 1.807) is 13.8 Å². The van der Waals surface area contributed by atoms with Gasteiger partial charge in [0.15, 0.2) is 4.80 Å². The summed E-state index contributed by atoms with van der Waals surface area (Å²) in [5.41, 5.74) is -1.23. The van der Waals surface area contributed by atoms with Gasteiger partial charge in [-0.05, 0) is 12.1 Å². The van der Waals surface area contributed by atoms with E-state index in [-0.39, 0.29) is 29.2 Å². The highest BCUT2D eigenvalue weighted by Crippen LogP contribution is 2.35. The van der Waals surface area contributed by atoms with Gasteiger partial charge in [0, 0.05) is 12.8 Å². The third kappa shape index (κ3) is 4.36. The Morgan fingerprint density at radius 1 is 1.20 bits per heavy atom. The molecular weight excluding hydrogens is 357 g/mol. The van der Waals surface area contributed by atoms with Crippen LogP contribution in [0.4, 0.5) is 18.9 Å². The molecular formula is C16H15F3N2O3S. The standard InChI is InChI=1S/C16H15F3N2O3S/c1-3-12(22)21-13(24-14(23)4-2)9-25-15(21)20-11-8-6-5-7-10(11)16(17,18)19/h5-9H,3-4H2,1-2H3. The average molecular weight is 372 g/mol. The van der Waals surface area contributed by atoms with Crippen LogP contribution in [0.3, 0.4) is 0 Å². The van der Waals surface area contributed by atoms with Crippen LogP contribution in [0, 0.1) is 0 Å². The molecule has 0 atom stereocenters.